The van der Waals surface area contributed by atoms with Crippen molar-refractivity contribution < 1.29 is 14.3 Å². The van der Waals surface area contributed by atoms with E-state index in [0.717, 1.165) is 36.0 Å². The van der Waals surface area contributed by atoms with Gasteiger partial charge in [-0.15, -0.1) is 0 Å². The molecule has 0 bridgehead atoms. The zero-order valence-corrected chi connectivity index (χ0v) is 19.4. The molecule has 0 N–H and O–H groups in total. The minimum Gasteiger partial charge on any atom is -0.487 e. The SMILES string of the molecule is CCC1(N2Cc3cc(OCc4ccccc4)c(Cl)cc3-c3cc(=O)c(C(=O)OC)cn32)CC1. The van der Waals surface area contributed by atoms with Gasteiger partial charge >= 0.3 is 5.97 Å². The van der Waals surface area contributed by atoms with Crippen LogP contribution in [-0.4, -0.2) is 23.3 Å². The van der Waals surface area contributed by atoms with E-state index in [1.54, 1.807) is 6.20 Å². The summed E-state index contributed by atoms with van der Waals surface area (Å²) in [5, 5.41) is 2.73. The van der Waals surface area contributed by atoms with Crippen molar-refractivity contribution in [1.29, 1.82) is 0 Å². The van der Waals surface area contributed by atoms with E-state index < -0.39 is 5.97 Å². The monoisotopic (exact) mass is 464 g/mol. The van der Waals surface area contributed by atoms with Crippen molar-refractivity contribution in [1.82, 2.24) is 4.68 Å². The Morgan fingerprint density at radius 1 is 1.15 bits per heavy atom. The fourth-order valence-electron chi connectivity index (χ4n) is 4.57. The van der Waals surface area contributed by atoms with Crippen LogP contribution in [0.2, 0.25) is 5.02 Å². The van der Waals surface area contributed by atoms with Crippen LogP contribution < -0.4 is 15.2 Å². The Hall–Kier alpha value is -3.25. The number of rotatable bonds is 6. The van der Waals surface area contributed by atoms with Crippen LogP contribution in [-0.2, 0) is 17.9 Å². The van der Waals surface area contributed by atoms with E-state index in [4.69, 9.17) is 21.1 Å². The molecule has 7 heteroatoms. The second-order valence-corrected chi connectivity index (χ2v) is 9.03. The van der Waals surface area contributed by atoms with Crippen molar-refractivity contribution in [3.05, 3.63) is 86.7 Å². The Kier molecular flexibility index (Phi) is 5.41. The Balaban J connectivity index is 1.59. The Labute approximate surface area is 197 Å². The van der Waals surface area contributed by atoms with E-state index in [1.807, 2.05) is 47.1 Å². The van der Waals surface area contributed by atoms with Crippen molar-refractivity contribution in [3.63, 3.8) is 0 Å². The number of esters is 1. The Morgan fingerprint density at radius 3 is 2.58 bits per heavy atom. The number of pyridine rings is 1. The minimum absolute atomic E-state index is 0.000405. The van der Waals surface area contributed by atoms with Crippen molar-refractivity contribution in [2.45, 2.75) is 44.9 Å². The van der Waals surface area contributed by atoms with Crippen molar-refractivity contribution in [3.8, 4) is 17.0 Å². The van der Waals surface area contributed by atoms with Gasteiger partial charge in [0, 0.05) is 17.8 Å². The summed E-state index contributed by atoms with van der Waals surface area (Å²) in [7, 11) is 1.28. The molecule has 0 amide bonds. The lowest BCUT2D eigenvalue weighted by molar-refractivity contribution is 0.0598. The smallest absolute Gasteiger partial charge is 0.343 e. The van der Waals surface area contributed by atoms with Gasteiger partial charge in [0.05, 0.1) is 29.9 Å². The van der Waals surface area contributed by atoms with E-state index in [-0.39, 0.29) is 16.5 Å². The standard InChI is InChI=1S/C26H25ClN2O4/c1-3-26(9-10-26)29-14-18-11-24(33-16-17-7-5-4-6-8-17)21(27)12-19(18)22-13-23(30)20(15-28(22)29)25(31)32-2/h4-8,11-13,15H,3,9-10,14,16H2,1-2H3. The molecular weight excluding hydrogens is 440 g/mol. The van der Waals surface area contributed by atoms with Crippen LogP contribution >= 0.6 is 11.6 Å². The van der Waals surface area contributed by atoms with Crippen LogP contribution in [0.5, 0.6) is 5.75 Å². The van der Waals surface area contributed by atoms with Gasteiger partial charge < -0.3 is 14.5 Å². The summed E-state index contributed by atoms with van der Waals surface area (Å²) in [6.07, 6.45) is 4.69. The van der Waals surface area contributed by atoms with Crippen LogP contribution in [0, 0.1) is 0 Å². The number of methoxy groups -OCH3 is 1. The maximum atomic E-state index is 12.8. The molecule has 2 heterocycles. The Morgan fingerprint density at radius 2 is 1.91 bits per heavy atom. The molecule has 2 aromatic carbocycles. The average molecular weight is 465 g/mol. The molecule has 1 fully saturated rings. The first-order valence-electron chi connectivity index (χ1n) is 11.1. The largest absolute Gasteiger partial charge is 0.487 e. The first-order chi connectivity index (χ1) is 16.0. The third kappa shape index (κ3) is 3.78. The summed E-state index contributed by atoms with van der Waals surface area (Å²) in [6, 6.07) is 15.3. The van der Waals surface area contributed by atoms with Crippen molar-refractivity contribution in [2.75, 3.05) is 12.1 Å². The predicted octanol–water partition coefficient (Wildman–Crippen LogP) is 4.93. The molecule has 0 atom stereocenters. The Bertz CT molecular complexity index is 1280. The molecule has 6 nitrogen and oxygen atoms in total. The molecule has 170 valence electrons. The van der Waals surface area contributed by atoms with Crippen LogP contribution in [0.15, 0.2) is 59.5 Å². The number of benzene rings is 2. The van der Waals surface area contributed by atoms with Gasteiger partial charge in [0.25, 0.3) is 0 Å². The van der Waals surface area contributed by atoms with Crippen molar-refractivity contribution in [2.24, 2.45) is 0 Å². The van der Waals surface area contributed by atoms with E-state index in [9.17, 15) is 9.59 Å². The van der Waals surface area contributed by atoms with E-state index in [0.29, 0.717) is 29.6 Å². The zero-order valence-electron chi connectivity index (χ0n) is 18.6. The summed E-state index contributed by atoms with van der Waals surface area (Å²) >= 11 is 6.60. The molecule has 2 aliphatic rings. The van der Waals surface area contributed by atoms with Crippen LogP contribution in [0.1, 0.15) is 47.7 Å². The normalized spacial score (nSPS) is 15.4. The lowest BCUT2D eigenvalue weighted by Crippen LogP contribution is -2.48. The van der Waals surface area contributed by atoms with Crippen LogP contribution in [0.25, 0.3) is 11.3 Å². The number of fused-ring (bicyclic) bond motifs is 3. The molecule has 0 spiro atoms. The number of hydrogen-bond acceptors (Lipinski definition) is 5. The highest BCUT2D eigenvalue weighted by Crippen LogP contribution is 2.48. The highest BCUT2D eigenvalue weighted by molar-refractivity contribution is 6.32. The summed E-state index contributed by atoms with van der Waals surface area (Å²) in [4.78, 5) is 25.0. The van der Waals surface area contributed by atoms with E-state index in [1.165, 1.54) is 13.2 Å². The number of ether oxygens (including phenoxy) is 2. The average Bonchev–Trinajstić information content (AvgIpc) is 3.63. The molecule has 3 aromatic rings. The quantitative estimate of drug-likeness (QED) is 0.484. The van der Waals surface area contributed by atoms with Gasteiger partial charge in [-0.05, 0) is 42.5 Å². The predicted molar refractivity (Wildman–Crippen MR) is 127 cm³/mol. The fraction of sp³-hybridized carbons (Fsp3) is 0.308. The number of halogens is 1. The molecule has 0 saturated heterocycles. The van der Waals surface area contributed by atoms with Gasteiger partial charge in [0.1, 0.15) is 17.9 Å². The molecule has 33 heavy (non-hydrogen) atoms. The molecule has 1 aliphatic heterocycles. The second-order valence-electron chi connectivity index (χ2n) is 8.62. The zero-order chi connectivity index (χ0) is 23.2. The minimum atomic E-state index is -0.634. The molecule has 0 unspecified atom stereocenters. The molecule has 5 rings (SSSR count). The maximum absolute atomic E-state index is 12.8. The first kappa shape index (κ1) is 21.6. The van der Waals surface area contributed by atoms with Gasteiger partial charge in [-0.1, -0.05) is 48.9 Å². The summed E-state index contributed by atoms with van der Waals surface area (Å²) < 4.78 is 12.8. The highest BCUT2D eigenvalue weighted by Gasteiger charge is 2.48. The van der Waals surface area contributed by atoms with Crippen LogP contribution in [0.3, 0.4) is 0 Å². The summed E-state index contributed by atoms with van der Waals surface area (Å²) in [6.45, 7) is 3.21. The third-order valence-corrected chi connectivity index (χ3v) is 7.02. The summed E-state index contributed by atoms with van der Waals surface area (Å²) in [5.74, 6) is -0.0207. The number of carbonyl (C=O) groups is 1. The lowest BCUT2D eigenvalue weighted by atomic mass is 9.98. The molecule has 0 radical (unpaired) electrons. The molecule has 1 aliphatic carbocycles. The van der Waals surface area contributed by atoms with Gasteiger partial charge in [-0.2, -0.15) is 0 Å². The molecular formula is C26H25ClN2O4. The fourth-order valence-corrected chi connectivity index (χ4v) is 4.79. The number of aromatic nitrogens is 1. The number of nitrogens with zero attached hydrogens (tertiary/aromatic N) is 2. The number of carbonyl (C=O) groups excluding carboxylic acids is 1. The maximum Gasteiger partial charge on any atom is 0.343 e. The second kappa shape index (κ2) is 8.27. The van der Waals surface area contributed by atoms with E-state index >= 15 is 0 Å². The number of hydrogen-bond donors (Lipinski definition) is 0. The first-order valence-corrected chi connectivity index (χ1v) is 11.5. The molecule has 1 saturated carbocycles. The van der Waals surface area contributed by atoms with Gasteiger partial charge in [-0.3, -0.25) is 9.47 Å². The summed E-state index contributed by atoms with van der Waals surface area (Å²) in [5.41, 5.74) is 3.32. The topological polar surface area (TPSA) is 60.8 Å². The van der Waals surface area contributed by atoms with Gasteiger partial charge in [0.15, 0.2) is 5.43 Å². The van der Waals surface area contributed by atoms with Crippen molar-refractivity contribution >= 4 is 17.6 Å². The third-order valence-electron chi connectivity index (χ3n) is 6.72. The molecule has 1 aromatic heterocycles. The van der Waals surface area contributed by atoms with Gasteiger partial charge in [0.2, 0.25) is 0 Å². The van der Waals surface area contributed by atoms with E-state index in [2.05, 4.69) is 11.9 Å². The highest BCUT2D eigenvalue weighted by atomic mass is 35.5. The van der Waals surface area contributed by atoms with Gasteiger partial charge in [-0.25, -0.2) is 4.79 Å². The lowest BCUT2D eigenvalue weighted by Gasteiger charge is -2.41. The van der Waals surface area contributed by atoms with Crippen LogP contribution in [0.4, 0.5) is 0 Å².